The molecule has 0 aliphatic rings. The standard InChI is InChI=1S/C28H18/c1-2-9-20-18-27-23(16-19(20)8-1)12-7-15-26(27)28-24-13-5-3-10-21(24)17-22-11-4-6-14-25(22)28/h1-18H. The Kier molecular flexibility index (Phi) is 3.27. The Hall–Kier alpha value is -3.64. The van der Waals surface area contributed by atoms with Crippen molar-refractivity contribution in [2.75, 3.05) is 0 Å². The van der Waals surface area contributed by atoms with Crippen LogP contribution in [0.1, 0.15) is 0 Å². The smallest absolute Gasteiger partial charge is 0.00206 e. The second kappa shape index (κ2) is 5.94. The molecule has 28 heavy (non-hydrogen) atoms. The summed E-state index contributed by atoms with van der Waals surface area (Å²) in [7, 11) is 0. The molecule has 0 nitrogen and oxygen atoms in total. The minimum Gasteiger partial charge on any atom is -0.0616 e. The highest BCUT2D eigenvalue weighted by Crippen LogP contribution is 2.40. The van der Waals surface area contributed by atoms with Crippen molar-refractivity contribution < 1.29 is 0 Å². The number of fused-ring (bicyclic) bond motifs is 4. The van der Waals surface area contributed by atoms with Crippen LogP contribution in [0.2, 0.25) is 0 Å². The first-order valence-electron chi connectivity index (χ1n) is 9.71. The van der Waals surface area contributed by atoms with E-state index in [2.05, 4.69) is 109 Å². The van der Waals surface area contributed by atoms with Crippen LogP contribution in [-0.2, 0) is 0 Å². The van der Waals surface area contributed by atoms with Crippen molar-refractivity contribution in [3.8, 4) is 11.1 Å². The lowest BCUT2D eigenvalue weighted by Gasteiger charge is -2.15. The summed E-state index contributed by atoms with van der Waals surface area (Å²) < 4.78 is 0. The summed E-state index contributed by atoms with van der Waals surface area (Å²) in [6.45, 7) is 0. The SMILES string of the molecule is c1ccc2cc3c(-c4c5ccccc5cc5ccccc45)cccc3cc2c1. The third-order valence-corrected chi connectivity index (χ3v) is 5.79. The van der Waals surface area contributed by atoms with Crippen LogP contribution >= 0.6 is 0 Å². The van der Waals surface area contributed by atoms with Crippen LogP contribution in [0.5, 0.6) is 0 Å². The van der Waals surface area contributed by atoms with Crippen LogP contribution in [0.25, 0.3) is 54.2 Å². The van der Waals surface area contributed by atoms with Gasteiger partial charge in [-0.25, -0.2) is 0 Å². The van der Waals surface area contributed by atoms with Gasteiger partial charge in [-0.2, -0.15) is 0 Å². The summed E-state index contributed by atoms with van der Waals surface area (Å²) in [6.07, 6.45) is 0. The lowest BCUT2D eigenvalue weighted by atomic mass is 9.89. The number of hydrogen-bond donors (Lipinski definition) is 0. The van der Waals surface area contributed by atoms with E-state index in [0.717, 1.165) is 0 Å². The molecule has 0 saturated heterocycles. The van der Waals surface area contributed by atoms with Crippen LogP contribution in [0, 0.1) is 0 Å². The summed E-state index contributed by atoms with van der Waals surface area (Å²) in [4.78, 5) is 0. The first-order valence-corrected chi connectivity index (χ1v) is 9.71. The van der Waals surface area contributed by atoms with Crippen molar-refractivity contribution in [2.24, 2.45) is 0 Å². The molecule has 0 saturated carbocycles. The van der Waals surface area contributed by atoms with Crippen molar-refractivity contribution in [1.82, 2.24) is 0 Å². The Morgan fingerprint density at radius 1 is 0.321 bits per heavy atom. The molecule has 0 fully saturated rings. The Morgan fingerprint density at radius 2 is 0.786 bits per heavy atom. The molecule has 0 unspecified atom stereocenters. The fourth-order valence-corrected chi connectivity index (χ4v) is 4.49. The quantitative estimate of drug-likeness (QED) is 0.263. The molecule has 0 heteroatoms. The lowest BCUT2D eigenvalue weighted by molar-refractivity contribution is 1.71. The van der Waals surface area contributed by atoms with Gasteiger partial charge in [0.15, 0.2) is 0 Å². The molecular weight excluding hydrogens is 336 g/mol. The molecule has 6 aromatic carbocycles. The van der Waals surface area contributed by atoms with Gasteiger partial charge < -0.3 is 0 Å². The fourth-order valence-electron chi connectivity index (χ4n) is 4.49. The van der Waals surface area contributed by atoms with Gasteiger partial charge in [-0.15, -0.1) is 0 Å². The highest BCUT2D eigenvalue weighted by Gasteiger charge is 2.12. The van der Waals surface area contributed by atoms with E-state index in [1.54, 1.807) is 0 Å². The second-order valence-electron chi connectivity index (χ2n) is 7.42. The predicted octanol–water partition coefficient (Wildman–Crippen LogP) is 7.97. The largest absolute Gasteiger partial charge is 0.0616 e. The van der Waals surface area contributed by atoms with Gasteiger partial charge in [0.1, 0.15) is 0 Å². The minimum absolute atomic E-state index is 1.28. The van der Waals surface area contributed by atoms with Gasteiger partial charge in [0.2, 0.25) is 0 Å². The van der Waals surface area contributed by atoms with E-state index in [0.29, 0.717) is 0 Å². The van der Waals surface area contributed by atoms with Crippen LogP contribution in [-0.4, -0.2) is 0 Å². The van der Waals surface area contributed by atoms with Crippen LogP contribution in [0.4, 0.5) is 0 Å². The molecule has 0 bridgehead atoms. The highest BCUT2D eigenvalue weighted by atomic mass is 14.2. The van der Waals surface area contributed by atoms with Gasteiger partial charge in [0, 0.05) is 0 Å². The van der Waals surface area contributed by atoms with E-state index in [9.17, 15) is 0 Å². The summed E-state index contributed by atoms with van der Waals surface area (Å²) in [5.74, 6) is 0. The third kappa shape index (κ3) is 2.25. The second-order valence-corrected chi connectivity index (χ2v) is 7.42. The molecule has 0 aromatic heterocycles. The monoisotopic (exact) mass is 354 g/mol. The summed E-state index contributed by atoms with van der Waals surface area (Å²) in [6, 6.07) is 39.7. The normalized spacial score (nSPS) is 11.6. The van der Waals surface area contributed by atoms with Gasteiger partial charge in [-0.3, -0.25) is 0 Å². The van der Waals surface area contributed by atoms with Crippen molar-refractivity contribution >= 4 is 43.1 Å². The molecule has 0 aliphatic heterocycles. The minimum atomic E-state index is 1.28. The Labute approximate surface area is 163 Å². The van der Waals surface area contributed by atoms with Gasteiger partial charge in [0.25, 0.3) is 0 Å². The van der Waals surface area contributed by atoms with Crippen molar-refractivity contribution in [3.05, 3.63) is 109 Å². The highest BCUT2D eigenvalue weighted by molar-refractivity contribution is 6.17. The Balaban J connectivity index is 1.83. The number of hydrogen-bond acceptors (Lipinski definition) is 0. The molecule has 0 aliphatic carbocycles. The van der Waals surface area contributed by atoms with Crippen molar-refractivity contribution in [1.29, 1.82) is 0 Å². The molecule has 0 amide bonds. The van der Waals surface area contributed by atoms with Gasteiger partial charge in [-0.05, 0) is 72.4 Å². The van der Waals surface area contributed by atoms with E-state index in [-0.39, 0.29) is 0 Å². The molecule has 6 rings (SSSR count). The number of rotatable bonds is 1. The zero-order chi connectivity index (χ0) is 18.5. The molecule has 0 radical (unpaired) electrons. The average molecular weight is 354 g/mol. The summed E-state index contributed by atoms with van der Waals surface area (Å²) in [5, 5.41) is 10.4. The van der Waals surface area contributed by atoms with Crippen molar-refractivity contribution in [2.45, 2.75) is 0 Å². The summed E-state index contributed by atoms with van der Waals surface area (Å²) >= 11 is 0. The van der Waals surface area contributed by atoms with Crippen LogP contribution in [0.15, 0.2) is 109 Å². The molecule has 0 heterocycles. The molecule has 0 N–H and O–H groups in total. The first kappa shape index (κ1) is 15.4. The molecule has 0 atom stereocenters. The number of benzene rings is 6. The molecule has 6 aromatic rings. The predicted molar refractivity (Wildman–Crippen MR) is 122 cm³/mol. The maximum absolute atomic E-state index is 2.34. The van der Waals surface area contributed by atoms with Crippen molar-refractivity contribution in [3.63, 3.8) is 0 Å². The topological polar surface area (TPSA) is 0 Å². The van der Waals surface area contributed by atoms with E-state index in [4.69, 9.17) is 0 Å². The molecular formula is C28H18. The van der Waals surface area contributed by atoms with E-state index in [1.165, 1.54) is 54.2 Å². The molecule has 0 spiro atoms. The Morgan fingerprint density at radius 3 is 1.46 bits per heavy atom. The van der Waals surface area contributed by atoms with Gasteiger partial charge >= 0.3 is 0 Å². The van der Waals surface area contributed by atoms with E-state index < -0.39 is 0 Å². The fraction of sp³-hybridized carbons (Fsp3) is 0. The molecule has 130 valence electrons. The zero-order valence-corrected chi connectivity index (χ0v) is 15.4. The van der Waals surface area contributed by atoms with E-state index in [1.807, 2.05) is 0 Å². The Bertz CT molecular complexity index is 1450. The van der Waals surface area contributed by atoms with Crippen LogP contribution < -0.4 is 0 Å². The lowest BCUT2D eigenvalue weighted by Crippen LogP contribution is -1.87. The maximum atomic E-state index is 2.34. The zero-order valence-electron chi connectivity index (χ0n) is 15.4. The first-order chi connectivity index (χ1) is 13.9. The van der Waals surface area contributed by atoms with E-state index >= 15 is 0 Å². The summed E-state index contributed by atoms with van der Waals surface area (Å²) in [5.41, 5.74) is 2.63. The van der Waals surface area contributed by atoms with Crippen LogP contribution in [0.3, 0.4) is 0 Å². The van der Waals surface area contributed by atoms with Gasteiger partial charge in [0.05, 0.1) is 0 Å². The average Bonchev–Trinajstić information content (AvgIpc) is 2.76. The third-order valence-electron chi connectivity index (χ3n) is 5.79. The van der Waals surface area contributed by atoms with Gasteiger partial charge in [-0.1, -0.05) is 91.0 Å². The maximum Gasteiger partial charge on any atom is -0.00206 e.